The Balaban J connectivity index is 0. The highest BCUT2D eigenvalue weighted by Gasteiger charge is 1.73. The topological polar surface area (TPSA) is 100 Å². The summed E-state index contributed by atoms with van der Waals surface area (Å²) in [6, 6.07) is 0. The standard InChI is InChI=1S/C2H7NO.HNO2/c1-2(3)4;2-1-3/h2,4H,3H2,1H3;(H,2,3). The van der Waals surface area contributed by atoms with Crippen LogP contribution in [0, 0.1) is 10.1 Å². The highest BCUT2D eigenvalue weighted by Crippen LogP contribution is 1.44. The molecule has 0 radical (unpaired) electrons. The van der Waals surface area contributed by atoms with Crippen molar-refractivity contribution in [1.29, 1.82) is 0 Å². The van der Waals surface area contributed by atoms with Gasteiger partial charge in [-0.25, -0.2) is 0 Å². The highest BCUT2D eigenvalue weighted by molar-refractivity contribution is 4.21. The Hall–Kier alpha value is -0.680. The van der Waals surface area contributed by atoms with E-state index >= 15 is 0 Å². The molecule has 44 valence electrons. The maximum Gasteiger partial charge on any atom is 0.182 e. The molecule has 0 fully saturated rings. The van der Waals surface area contributed by atoms with E-state index in [0.717, 1.165) is 5.34 Å². The van der Waals surface area contributed by atoms with E-state index in [1.54, 1.807) is 6.92 Å². The first-order valence-electron chi connectivity index (χ1n) is 1.61. The van der Waals surface area contributed by atoms with Gasteiger partial charge < -0.3 is 21.0 Å². The quantitative estimate of drug-likeness (QED) is 0.232. The van der Waals surface area contributed by atoms with Crippen LogP contribution in [0.1, 0.15) is 6.92 Å². The summed E-state index contributed by atoms with van der Waals surface area (Å²) in [6.07, 6.45) is -0.417. The van der Waals surface area contributed by atoms with Gasteiger partial charge in [0.15, 0.2) is 6.23 Å². The van der Waals surface area contributed by atoms with Gasteiger partial charge in [0.2, 0.25) is 0 Å². The van der Waals surface area contributed by atoms with Gasteiger partial charge in [0.1, 0.15) is 0 Å². The van der Waals surface area contributed by atoms with Crippen molar-refractivity contribution in [2.75, 3.05) is 0 Å². The molecule has 0 saturated carbocycles. The SMILES string of the molecule is CC([NH3+])O.O=N[O-]. The lowest BCUT2D eigenvalue weighted by Crippen LogP contribution is -2.58. The number of hydrogen-bond donors (Lipinski definition) is 2. The number of aliphatic hydroxyl groups is 1. The highest BCUT2D eigenvalue weighted by atomic mass is 16.6. The molecule has 0 aromatic rings. The zero-order valence-corrected chi connectivity index (χ0v) is 4.00. The first-order chi connectivity index (χ1) is 3.15. The van der Waals surface area contributed by atoms with Crippen LogP contribution in [0.3, 0.4) is 0 Å². The summed E-state index contributed by atoms with van der Waals surface area (Å²) < 4.78 is 0. The molecule has 0 aliphatic heterocycles. The number of nitrogens with zero attached hydrogens (tertiary/aromatic N) is 1. The van der Waals surface area contributed by atoms with E-state index in [-0.39, 0.29) is 0 Å². The van der Waals surface area contributed by atoms with Crippen LogP contribution in [0.25, 0.3) is 0 Å². The van der Waals surface area contributed by atoms with Crippen molar-refractivity contribution in [2.45, 2.75) is 13.2 Å². The summed E-state index contributed by atoms with van der Waals surface area (Å²) in [5, 5.41) is 16.9. The van der Waals surface area contributed by atoms with Gasteiger partial charge in [-0.05, 0) is 0 Å². The van der Waals surface area contributed by atoms with Crippen molar-refractivity contribution in [3.8, 4) is 0 Å². The van der Waals surface area contributed by atoms with Gasteiger partial charge in [-0.3, -0.25) is 0 Å². The summed E-state index contributed by atoms with van der Waals surface area (Å²) in [7, 11) is 0. The molecule has 0 rings (SSSR count). The summed E-state index contributed by atoms with van der Waals surface area (Å²) in [6.45, 7) is 1.61. The minimum absolute atomic E-state index is 0.417. The molecule has 0 aliphatic carbocycles. The van der Waals surface area contributed by atoms with Crippen LogP contribution in [0.5, 0.6) is 0 Å². The van der Waals surface area contributed by atoms with Crippen molar-refractivity contribution in [1.82, 2.24) is 0 Å². The number of quaternary nitrogens is 1. The van der Waals surface area contributed by atoms with Crippen LogP contribution in [0.4, 0.5) is 0 Å². The maximum absolute atomic E-state index is 8.00. The Morgan fingerprint density at radius 3 is 2.00 bits per heavy atom. The fraction of sp³-hybridized carbons (Fsp3) is 1.00. The predicted molar refractivity (Wildman–Crippen MR) is 23.7 cm³/mol. The molecule has 0 bridgehead atoms. The lowest BCUT2D eigenvalue weighted by Gasteiger charge is -1.77. The molecule has 0 aromatic heterocycles. The molecule has 0 amide bonds. The Morgan fingerprint density at radius 2 is 2.00 bits per heavy atom. The van der Waals surface area contributed by atoms with E-state index in [4.69, 9.17) is 15.2 Å². The molecule has 0 spiro atoms. The van der Waals surface area contributed by atoms with Gasteiger partial charge in [0, 0.05) is 6.92 Å². The molecule has 5 nitrogen and oxygen atoms in total. The summed E-state index contributed by atoms with van der Waals surface area (Å²) in [5.74, 6) is 0. The number of hydrogen-bond acceptors (Lipinski definition) is 4. The third kappa shape index (κ3) is 127. The van der Waals surface area contributed by atoms with Gasteiger partial charge in [0.05, 0.1) is 0 Å². The zero-order valence-electron chi connectivity index (χ0n) is 4.00. The monoisotopic (exact) mass is 108 g/mol. The minimum atomic E-state index is -0.417. The van der Waals surface area contributed by atoms with E-state index < -0.39 is 6.23 Å². The average Bonchev–Trinajstić information content (AvgIpc) is 1.33. The average molecular weight is 108 g/mol. The van der Waals surface area contributed by atoms with Crippen molar-refractivity contribution in [3.05, 3.63) is 10.1 Å². The van der Waals surface area contributed by atoms with E-state index in [1.165, 1.54) is 0 Å². The van der Waals surface area contributed by atoms with Crippen LogP contribution < -0.4 is 5.73 Å². The third-order valence-electron chi connectivity index (χ3n) is 0. The van der Waals surface area contributed by atoms with E-state index in [2.05, 4.69) is 5.73 Å². The van der Waals surface area contributed by atoms with Crippen LogP contribution in [0.15, 0.2) is 5.34 Å². The van der Waals surface area contributed by atoms with Crippen molar-refractivity contribution >= 4 is 0 Å². The molecule has 1 unspecified atom stereocenters. The Kier molecular flexibility index (Phi) is 12.3. The molecule has 5 heteroatoms. The molecular weight excluding hydrogens is 100 g/mol. The maximum atomic E-state index is 8.00. The van der Waals surface area contributed by atoms with Gasteiger partial charge in [-0.1, -0.05) is 0 Å². The van der Waals surface area contributed by atoms with Gasteiger partial charge >= 0.3 is 0 Å². The van der Waals surface area contributed by atoms with Crippen molar-refractivity contribution in [3.63, 3.8) is 0 Å². The summed E-state index contributed by atoms with van der Waals surface area (Å²) in [5.41, 5.74) is 3.19. The smallest absolute Gasteiger partial charge is 0.182 e. The number of rotatable bonds is 0. The second-order valence-electron chi connectivity index (χ2n) is 0.924. The second kappa shape index (κ2) is 9.01. The lowest BCUT2D eigenvalue weighted by atomic mass is 10.7. The fourth-order valence-electron chi connectivity index (χ4n) is 0. The molecule has 1 atom stereocenters. The molecule has 0 heterocycles. The third-order valence-corrected chi connectivity index (χ3v) is 0. The largest absolute Gasteiger partial charge is 0.444 e. The predicted octanol–water partition coefficient (Wildman–Crippen LogP) is -1.18. The van der Waals surface area contributed by atoms with Crippen LogP contribution in [0.2, 0.25) is 0 Å². The zero-order chi connectivity index (χ0) is 6.28. The van der Waals surface area contributed by atoms with E-state index in [0.29, 0.717) is 0 Å². The molecule has 0 aromatic carbocycles. The van der Waals surface area contributed by atoms with Gasteiger partial charge in [-0.15, -0.1) is 5.34 Å². The van der Waals surface area contributed by atoms with Gasteiger partial charge in [-0.2, -0.15) is 0 Å². The molecule has 0 saturated heterocycles. The van der Waals surface area contributed by atoms with Crippen LogP contribution >= 0.6 is 0 Å². The second-order valence-corrected chi connectivity index (χ2v) is 0.924. The Bertz CT molecular complexity index is 35.2. The summed E-state index contributed by atoms with van der Waals surface area (Å²) >= 11 is 0. The first kappa shape index (κ1) is 9.58. The fourth-order valence-corrected chi connectivity index (χ4v) is 0. The molecule has 4 N–H and O–H groups in total. The van der Waals surface area contributed by atoms with Gasteiger partial charge in [0.25, 0.3) is 0 Å². The van der Waals surface area contributed by atoms with E-state index in [9.17, 15) is 0 Å². The molecule has 7 heavy (non-hydrogen) atoms. The number of aliphatic hydroxyl groups excluding tert-OH is 1. The molecule has 0 aliphatic rings. The molecular formula is C2H8N2O3. The van der Waals surface area contributed by atoms with Crippen molar-refractivity contribution < 1.29 is 10.8 Å². The van der Waals surface area contributed by atoms with Crippen LogP contribution in [-0.2, 0) is 0 Å². The first-order valence-corrected chi connectivity index (χ1v) is 1.61. The van der Waals surface area contributed by atoms with Crippen LogP contribution in [-0.4, -0.2) is 11.3 Å². The summed E-state index contributed by atoms with van der Waals surface area (Å²) in [4.78, 5) is 8.00. The van der Waals surface area contributed by atoms with Crippen molar-refractivity contribution in [2.24, 2.45) is 5.34 Å². The lowest BCUT2D eigenvalue weighted by molar-refractivity contribution is -0.475. The Morgan fingerprint density at radius 1 is 2.00 bits per heavy atom. The minimum Gasteiger partial charge on any atom is -0.444 e. The Labute approximate surface area is 40.7 Å². The van der Waals surface area contributed by atoms with E-state index in [1.807, 2.05) is 0 Å². The normalized spacial score (nSPS) is 10.7.